The first-order valence-corrected chi connectivity index (χ1v) is 11.9. The normalized spacial score (nSPS) is 20.1. The second-order valence-corrected chi connectivity index (χ2v) is 10.4. The van der Waals surface area contributed by atoms with E-state index in [9.17, 15) is 19.8 Å². The van der Waals surface area contributed by atoms with Crippen LogP contribution in [0.1, 0.15) is 0 Å². The molecule has 0 saturated carbocycles. The molecule has 0 aliphatic carbocycles. The molecule has 10 heteroatoms. The minimum atomic E-state index is -1.68. The van der Waals surface area contributed by atoms with Crippen LogP contribution in [0.15, 0.2) is 50.4 Å². The van der Waals surface area contributed by atoms with Gasteiger partial charge in [0, 0.05) is 23.4 Å². The minimum Gasteiger partial charge on any atom is -0.505 e. The summed E-state index contributed by atoms with van der Waals surface area (Å²) in [5, 5.41) is 23.1. The standard InChI is InChI=1S/C20H17Cl2NO5S2/c21-12-2-1-11(9-13(12)22)18-17(24)16(10-29-18)30-14(3-4-15(30)20(26)27)19(25)23-5-7-28-8-6-23/h1-4,9-10,24,30H,5-8H2,(H,26,27). The van der Waals surface area contributed by atoms with Gasteiger partial charge in [0.25, 0.3) is 5.91 Å². The van der Waals surface area contributed by atoms with Crippen LogP contribution in [-0.2, 0) is 14.3 Å². The number of aliphatic carboxylic acids is 1. The van der Waals surface area contributed by atoms with Crippen molar-refractivity contribution in [2.45, 2.75) is 4.90 Å². The predicted molar refractivity (Wildman–Crippen MR) is 120 cm³/mol. The monoisotopic (exact) mass is 485 g/mol. The molecule has 2 aromatic rings. The van der Waals surface area contributed by atoms with Crippen molar-refractivity contribution in [2.75, 3.05) is 26.3 Å². The Morgan fingerprint density at radius 3 is 2.47 bits per heavy atom. The predicted octanol–water partition coefficient (Wildman–Crippen LogP) is 4.51. The van der Waals surface area contributed by atoms with Gasteiger partial charge in [-0.25, -0.2) is 4.79 Å². The molecule has 1 aromatic carbocycles. The van der Waals surface area contributed by atoms with Crippen LogP contribution in [0.3, 0.4) is 0 Å². The Hall–Kier alpha value is -1.97. The van der Waals surface area contributed by atoms with E-state index in [2.05, 4.69) is 0 Å². The lowest BCUT2D eigenvalue weighted by Crippen LogP contribution is -2.41. The van der Waals surface area contributed by atoms with E-state index in [4.69, 9.17) is 27.9 Å². The summed E-state index contributed by atoms with van der Waals surface area (Å²) in [4.78, 5) is 28.1. The van der Waals surface area contributed by atoms with Crippen LogP contribution in [0, 0.1) is 0 Å². The number of carboxylic acid groups (broad SMARTS) is 1. The van der Waals surface area contributed by atoms with E-state index < -0.39 is 16.9 Å². The summed E-state index contributed by atoms with van der Waals surface area (Å²) in [5.74, 6) is -1.37. The molecule has 1 aromatic heterocycles. The Morgan fingerprint density at radius 1 is 1.10 bits per heavy atom. The zero-order chi connectivity index (χ0) is 21.4. The van der Waals surface area contributed by atoms with Gasteiger partial charge >= 0.3 is 5.97 Å². The van der Waals surface area contributed by atoms with Gasteiger partial charge in [0.2, 0.25) is 0 Å². The zero-order valence-electron chi connectivity index (χ0n) is 15.5. The summed E-state index contributed by atoms with van der Waals surface area (Å²) in [6, 6.07) is 5.01. The van der Waals surface area contributed by atoms with Crippen LogP contribution >= 0.6 is 45.4 Å². The highest BCUT2D eigenvalue weighted by atomic mass is 35.5. The molecular formula is C20H17Cl2NO5S2. The topological polar surface area (TPSA) is 87.1 Å². The number of carbonyl (C=O) groups is 2. The number of nitrogens with zero attached hydrogens (tertiary/aromatic N) is 1. The fourth-order valence-electron chi connectivity index (χ4n) is 3.30. The molecule has 2 aliphatic heterocycles. The summed E-state index contributed by atoms with van der Waals surface area (Å²) in [5.41, 5.74) is 0.665. The van der Waals surface area contributed by atoms with Crippen LogP contribution in [0.2, 0.25) is 10.0 Å². The number of halogens is 2. The second kappa shape index (κ2) is 8.64. The van der Waals surface area contributed by atoms with Crippen LogP contribution in [0.25, 0.3) is 10.4 Å². The Labute approximate surface area is 189 Å². The lowest BCUT2D eigenvalue weighted by atomic mass is 10.2. The Morgan fingerprint density at radius 2 is 1.80 bits per heavy atom. The average molecular weight is 486 g/mol. The maximum atomic E-state index is 13.1. The SMILES string of the molecule is O=C(O)C1=CC=C(C(=O)N2CCOCC2)[SH]1c1csc(-c2ccc(Cl)c(Cl)c2)c1O. The summed E-state index contributed by atoms with van der Waals surface area (Å²) in [7, 11) is -1.68. The van der Waals surface area contributed by atoms with E-state index in [0.717, 1.165) is 0 Å². The Bertz CT molecular complexity index is 1090. The number of morpholine rings is 1. The molecule has 1 amide bonds. The minimum absolute atomic E-state index is 0.0424. The van der Waals surface area contributed by atoms with E-state index in [0.29, 0.717) is 56.6 Å². The molecule has 0 radical (unpaired) electrons. The summed E-state index contributed by atoms with van der Waals surface area (Å²) < 4.78 is 5.30. The third-order valence-corrected chi connectivity index (χ3v) is 9.19. The highest BCUT2D eigenvalue weighted by molar-refractivity contribution is 8.25. The van der Waals surface area contributed by atoms with E-state index in [1.807, 2.05) is 0 Å². The molecule has 1 saturated heterocycles. The van der Waals surface area contributed by atoms with Crippen molar-refractivity contribution >= 4 is 57.3 Å². The van der Waals surface area contributed by atoms with Gasteiger partial charge in [0.1, 0.15) is 5.75 Å². The van der Waals surface area contributed by atoms with Crippen molar-refractivity contribution in [2.24, 2.45) is 0 Å². The molecule has 158 valence electrons. The average Bonchev–Trinajstić information content (AvgIpc) is 3.33. The molecule has 2 aliphatic rings. The maximum Gasteiger partial charge on any atom is 0.341 e. The van der Waals surface area contributed by atoms with Gasteiger partial charge in [-0.15, -0.1) is 11.3 Å². The van der Waals surface area contributed by atoms with Gasteiger partial charge in [-0.1, -0.05) is 29.3 Å². The van der Waals surface area contributed by atoms with E-state index in [1.165, 1.54) is 17.4 Å². The van der Waals surface area contributed by atoms with Crippen LogP contribution < -0.4 is 0 Å². The maximum absolute atomic E-state index is 13.1. The number of carboxylic acids is 1. The zero-order valence-corrected chi connectivity index (χ0v) is 18.7. The summed E-state index contributed by atoms with van der Waals surface area (Å²) in [6.45, 7) is 1.79. The third kappa shape index (κ3) is 3.86. The highest BCUT2D eigenvalue weighted by Crippen LogP contribution is 2.60. The number of benzene rings is 1. The fraction of sp³-hybridized carbons (Fsp3) is 0.200. The number of thiophene rings is 1. The number of rotatable bonds is 4. The van der Waals surface area contributed by atoms with Crippen LogP contribution in [0.4, 0.5) is 0 Å². The van der Waals surface area contributed by atoms with Crippen LogP contribution in [0.5, 0.6) is 5.75 Å². The van der Waals surface area contributed by atoms with Gasteiger partial charge in [-0.3, -0.25) is 4.79 Å². The largest absolute Gasteiger partial charge is 0.505 e. The Balaban J connectivity index is 1.72. The lowest BCUT2D eigenvalue weighted by Gasteiger charge is -2.30. The van der Waals surface area contributed by atoms with Crippen molar-refractivity contribution in [1.82, 2.24) is 4.90 Å². The number of allylic oxidation sites excluding steroid dienone is 2. The molecule has 0 spiro atoms. The number of hydrogen-bond donors (Lipinski definition) is 3. The number of carbonyl (C=O) groups excluding carboxylic acids is 1. The van der Waals surface area contributed by atoms with Crippen molar-refractivity contribution in [1.29, 1.82) is 0 Å². The van der Waals surface area contributed by atoms with E-state index in [-0.39, 0.29) is 16.6 Å². The summed E-state index contributed by atoms with van der Waals surface area (Å²) in [6.07, 6.45) is 3.01. The number of amides is 1. The van der Waals surface area contributed by atoms with Gasteiger partial charge < -0.3 is 19.8 Å². The van der Waals surface area contributed by atoms with Gasteiger partial charge in [0.15, 0.2) is 0 Å². The molecule has 4 rings (SSSR count). The molecule has 6 nitrogen and oxygen atoms in total. The number of aromatic hydroxyl groups is 1. The van der Waals surface area contributed by atoms with E-state index >= 15 is 0 Å². The van der Waals surface area contributed by atoms with Crippen molar-refractivity contribution in [3.05, 3.63) is 55.6 Å². The van der Waals surface area contributed by atoms with Crippen LogP contribution in [-0.4, -0.2) is 53.3 Å². The molecule has 1 unspecified atom stereocenters. The molecule has 3 heterocycles. The number of ether oxygens (including phenoxy) is 1. The van der Waals surface area contributed by atoms with E-state index in [1.54, 1.807) is 34.6 Å². The van der Waals surface area contributed by atoms with Gasteiger partial charge in [0.05, 0.1) is 37.9 Å². The quantitative estimate of drug-likeness (QED) is 0.554. The smallest absolute Gasteiger partial charge is 0.341 e. The highest BCUT2D eigenvalue weighted by Gasteiger charge is 2.35. The first-order valence-electron chi connectivity index (χ1n) is 8.96. The molecule has 0 bridgehead atoms. The molecule has 1 fully saturated rings. The van der Waals surface area contributed by atoms with Gasteiger partial charge in [-0.2, -0.15) is 10.9 Å². The third-order valence-electron chi connectivity index (χ3n) is 4.79. The first-order chi connectivity index (χ1) is 14.4. The molecule has 30 heavy (non-hydrogen) atoms. The van der Waals surface area contributed by atoms with Crippen molar-refractivity contribution in [3.63, 3.8) is 0 Å². The fourth-order valence-corrected chi connectivity index (χ4v) is 7.15. The molecule has 2 N–H and O–H groups in total. The van der Waals surface area contributed by atoms with Gasteiger partial charge in [-0.05, 0) is 29.8 Å². The first kappa shape index (κ1) is 21.3. The second-order valence-electron chi connectivity index (χ2n) is 6.58. The number of thiol groups is 1. The molecule has 1 atom stereocenters. The Kier molecular flexibility index (Phi) is 6.13. The van der Waals surface area contributed by atoms with Crippen molar-refractivity contribution in [3.8, 4) is 16.2 Å². The molecular weight excluding hydrogens is 469 g/mol. The summed E-state index contributed by atoms with van der Waals surface area (Å²) >= 11 is 13.3. The lowest BCUT2D eigenvalue weighted by molar-refractivity contribution is -0.132. The van der Waals surface area contributed by atoms with Crippen molar-refractivity contribution < 1.29 is 24.5 Å². The number of hydrogen-bond acceptors (Lipinski definition) is 5.